The SMILES string of the molecule is COc1c(-c2cc3c(s2)CCCC3CO)c(F)c(C(F)F)c2c(=O)[nH]c(=O)n(C3CC3)c12. The van der Waals surface area contributed by atoms with Crippen LogP contribution in [0, 0.1) is 5.82 Å². The molecule has 0 amide bonds. The molecule has 1 atom stereocenters. The second-order valence-electron chi connectivity index (χ2n) is 8.28. The maximum atomic E-state index is 15.7. The zero-order valence-electron chi connectivity index (χ0n) is 17.2. The van der Waals surface area contributed by atoms with Crippen LogP contribution in [-0.4, -0.2) is 28.4 Å². The van der Waals surface area contributed by atoms with Crippen molar-refractivity contribution in [3.05, 3.63) is 48.7 Å². The van der Waals surface area contributed by atoms with Crippen LogP contribution in [0.1, 0.15) is 60.1 Å². The monoisotopic (exact) mass is 466 g/mol. The highest BCUT2D eigenvalue weighted by atomic mass is 32.1. The first-order valence-electron chi connectivity index (χ1n) is 10.5. The second-order valence-corrected chi connectivity index (χ2v) is 9.42. The maximum absolute atomic E-state index is 15.7. The number of aryl methyl sites for hydroxylation is 1. The number of alkyl halides is 2. The summed E-state index contributed by atoms with van der Waals surface area (Å²) in [6, 6.07) is 1.45. The fourth-order valence-corrected chi connectivity index (χ4v) is 6.08. The first-order chi connectivity index (χ1) is 15.4. The molecule has 3 aromatic rings. The van der Waals surface area contributed by atoms with E-state index in [4.69, 9.17) is 4.74 Å². The van der Waals surface area contributed by atoms with Crippen LogP contribution in [0.25, 0.3) is 21.3 Å². The molecular weight excluding hydrogens is 445 g/mol. The first-order valence-corrected chi connectivity index (χ1v) is 11.3. The lowest BCUT2D eigenvalue weighted by Crippen LogP contribution is -2.31. The highest BCUT2D eigenvalue weighted by molar-refractivity contribution is 7.15. The van der Waals surface area contributed by atoms with Gasteiger partial charge in [0.15, 0.2) is 5.75 Å². The molecular formula is C22H21F3N2O4S. The third kappa shape index (κ3) is 3.11. The van der Waals surface area contributed by atoms with Crippen LogP contribution in [0.5, 0.6) is 5.75 Å². The molecule has 2 aliphatic carbocycles. The summed E-state index contributed by atoms with van der Waals surface area (Å²) in [4.78, 5) is 28.6. The van der Waals surface area contributed by atoms with Crippen LogP contribution < -0.4 is 16.0 Å². The van der Waals surface area contributed by atoms with E-state index in [0.29, 0.717) is 17.7 Å². The Morgan fingerprint density at radius 2 is 2.06 bits per heavy atom. The predicted octanol–water partition coefficient (Wildman–Crippen LogP) is 4.25. The smallest absolute Gasteiger partial charge is 0.329 e. The normalized spacial score (nSPS) is 18.4. The fourth-order valence-electron chi connectivity index (χ4n) is 4.75. The van der Waals surface area contributed by atoms with E-state index in [0.717, 1.165) is 29.7 Å². The number of aliphatic hydroxyl groups is 1. The molecule has 1 fully saturated rings. The number of ether oxygens (including phenoxy) is 1. The molecule has 32 heavy (non-hydrogen) atoms. The molecule has 2 N–H and O–H groups in total. The summed E-state index contributed by atoms with van der Waals surface area (Å²) < 4.78 is 50.7. The van der Waals surface area contributed by atoms with Crippen molar-refractivity contribution >= 4 is 22.2 Å². The van der Waals surface area contributed by atoms with E-state index in [1.807, 2.05) is 0 Å². The average Bonchev–Trinajstić information content (AvgIpc) is 3.49. The Bertz CT molecular complexity index is 1340. The Hall–Kier alpha value is -2.59. The van der Waals surface area contributed by atoms with Gasteiger partial charge in [-0.2, -0.15) is 0 Å². The third-order valence-electron chi connectivity index (χ3n) is 6.35. The van der Waals surface area contributed by atoms with Crippen molar-refractivity contribution in [2.45, 2.75) is 50.5 Å². The molecule has 1 unspecified atom stereocenters. The molecule has 0 radical (unpaired) electrons. The Morgan fingerprint density at radius 3 is 2.69 bits per heavy atom. The molecule has 1 aromatic carbocycles. The summed E-state index contributed by atoms with van der Waals surface area (Å²) in [5.41, 5.74) is -2.22. The summed E-state index contributed by atoms with van der Waals surface area (Å²) in [6.07, 6.45) is 0.429. The lowest BCUT2D eigenvalue weighted by atomic mass is 9.88. The van der Waals surface area contributed by atoms with Crippen LogP contribution in [0.15, 0.2) is 15.7 Å². The number of halogens is 3. The van der Waals surface area contributed by atoms with E-state index in [1.165, 1.54) is 23.0 Å². The van der Waals surface area contributed by atoms with E-state index in [2.05, 4.69) is 4.98 Å². The van der Waals surface area contributed by atoms with Crippen LogP contribution in [-0.2, 0) is 6.42 Å². The van der Waals surface area contributed by atoms with Gasteiger partial charge in [0.2, 0.25) is 0 Å². The highest BCUT2D eigenvalue weighted by Gasteiger charge is 2.35. The van der Waals surface area contributed by atoms with Crippen molar-refractivity contribution in [2.75, 3.05) is 13.7 Å². The number of hydrogen-bond donors (Lipinski definition) is 2. The van der Waals surface area contributed by atoms with Crippen molar-refractivity contribution in [2.24, 2.45) is 0 Å². The number of nitrogens with one attached hydrogen (secondary N) is 1. The summed E-state index contributed by atoms with van der Waals surface area (Å²) in [6.45, 7) is -0.0562. The van der Waals surface area contributed by atoms with E-state index < -0.39 is 34.4 Å². The van der Waals surface area contributed by atoms with Gasteiger partial charge in [-0.25, -0.2) is 18.0 Å². The van der Waals surface area contributed by atoms with Crippen molar-refractivity contribution in [1.29, 1.82) is 0 Å². The van der Waals surface area contributed by atoms with E-state index >= 15 is 4.39 Å². The van der Waals surface area contributed by atoms with E-state index in [1.54, 1.807) is 6.07 Å². The molecule has 170 valence electrons. The zero-order valence-corrected chi connectivity index (χ0v) is 18.0. The standard InChI is InChI=1S/C22H21F3N2O4S/c1-31-19-14(13-7-11-9(8-28)3-2-4-12(11)32-13)17(23)15(20(24)25)16-18(19)27(10-5-6-10)22(30)26-21(16)29/h7,9-10,20,28H,2-6,8H2,1H3,(H,26,29,30). The molecule has 0 aliphatic heterocycles. The third-order valence-corrected chi connectivity index (χ3v) is 7.58. The van der Waals surface area contributed by atoms with Gasteiger partial charge in [0.05, 0.1) is 23.6 Å². The predicted molar refractivity (Wildman–Crippen MR) is 115 cm³/mol. The van der Waals surface area contributed by atoms with Crippen molar-refractivity contribution < 1.29 is 23.0 Å². The fraction of sp³-hybridized carbons (Fsp3) is 0.455. The van der Waals surface area contributed by atoms with Crippen LogP contribution in [0.2, 0.25) is 0 Å². The molecule has 0 spiro atoms. The van der Waals surface area contributed by atoms with Gasteiger partial charge in [-0.3, -0.25) is 14.3 Å². The molecule has 2 aromatic heterocycles. The lowest BCUT2D eigenvalue weighted by molar-refractivity contribution is 0.148. The summed E-state index contributed by atoms with van der Waals surface area (Å²) in [5, 5.41) is 9.17. The minimum Gasteiger partial charge on any atom is -0.494 e. The quantitative estimate of drug-likeness (QED) is 0.589. The molecule has 6 nitrogen and oxygen atoms in total. The molecule has 1 saturated carbocycles. The van der Waals surface area contributed by atoms with Gasteiger partial charge in [-0.1, -0.05) is 0 Å². The summed E-state index contributed by atoms with van der Waals surface area (Å²) in [7, 11) is 1.27. The number of aromatic nitrogens is 2. The number of benzene rings is 1. The van der Waals surface area contributed by atoms with Gasteiger partial charge in [0.25, 0.3) is 12.0 Å². The van der Waals surface area contributed by atoms with Crippen LogP contribution >= 0.6 is 11.3 Å². The number of thiophene rings is 1. The highest BCUT2D eigenvalue weighted by Crippen LogP contribution is 2.49. The average molecular weight is 466 g/mol. The number of methoxy groups -OCH3 is 1. The Labute approximate surface area is 184 Å². The molecule has 2 aliphatic rings. The van der Waals surface area contributed by atoms with Crippen molar-refractivity contribution in [3.63, 3.8) is 0 Å². The topological polar surface area (TPSA) is 84.3 Å². The van der Waals surface area contributed by atoms with E-state index in [9.17, 15) is 23.5 Å². The lowest BCUT2D eigenvalue weighted by Gasteiger charge is -2.19. The maximum Gasteiger partial charge on any atom is 0.329 e. The Kier molecular flexibility index (Phi) is 5.16. The summed E-state index contributed by atoms with van der Waals surface area (Å²) in [5.74, 6) is -1.42. The second kappa shape index (κ2) is 7.77. The van der Waals surface area contributed by atoms with Crippen molar-refractivity contribution in [1.82, 2.24) is 9.55 Å². The van der Waals surface area contributed by atoms with Gasteiger partial charge < -0.3 is 9.84 Å². The number of H-pyrrole nitrogens is 1. The molecule has 5 rings (SSSR count). The van der Waals surface area contributed by atoms with Gasteiger partial charge in [0, 0.05) is 28.3 Å². The van der Waals surface area contributed by atoms with Crippen molar-refractivity contribution in [3.8, 4) is 16.2 Å². The molecule has 0 saturated heterocycles. The number of hydrogen-bond acceptors (Lipinski definition) is 5. The zero-order chi connectivity index (χ0) is 22.7. The van der Waals surface area contributed by atoms with Gasteiger partial charge in [0.1, 0.15) is 11.3 Å². The number of nitrogens with zero attached hydrogens (tertiary/aromatic N) is 1. The van der Waals surface area contributed by atoms with Gasteiger partial charge >= 0.3 is 5.69 Å². The number of rotatable bonds is 5. The minimum absolute atomic E-state index is 0.0562. The Balaban J connectivity index is 1.92. The van der Waals surface area contributed by atoms with E-state index in [-0.39, 0.29) is 35.4 Å². The van der Waals surface area contributed by atoms with Crippen LogP contribution in [0.4, 0.5) is 13.2 Å². The summed E-state index contributed by atoms with van der Waals surface area (Å²) >= 11 is 1.27. The number of aliphatic hydroxyl groups excluding tert-OH is 1. The largest absolute Gasteiger partial charge is 0.494 e. The first kappa shape index (κ1) is 21.3. The molecule has 0 bridgehead atoms. The van der Waals surface area contributed by atoms with Gasteiger partial charge in [-0.15, -0.1) is 11.3 Å². The molecule has 2 heterocycles. The van der Waals surface area contributed by atoms with Gasteiger partial charge in [-0.05, 0) is 43.7 Å². The number of aromatic amines is 1. The minimum atomic E-state index is -3.27. The molecule has 10 heteroatoms. The Morgan fingerprint density at radius 1 is 1.31 bits per heavy atom. The van der Waals surface area contributed by atoms with Crippen LogP contribution in [0.3, 0.4) is 0 Å². The number of fused-ring (bicyclic) bond motifs is 2.